The van der Waals surface area contributed by atoms with Crippen molar-refractivity contribution < 1.29 is 15.1 Å². The van der Waals surface area contributed by atoms with E-state index in [4.69, 9.17) is 0 Å². The Kier molecular flexibility index (Phi) is 16.6. The molecule has 7 aliphatic rings. The molecule has 7 aliphatic carbocycles. The fourth-order valence-corrected chi connectivity index (χ4v) is 16.9. The third kappa shape index (κ3) is 12.3. The van der Waals surface area contributed by atoms with Crippen molar-refractivity contribution >= 4 is 0 Å². The third-order valence-electron chi connectivity index (χ3n) is 21.5. The van der Waals surface area contributed by atoms with Crippen LogP contribution in [0.15, 0.2) is 201 Å². The van der Waals surface area contributed by atoms with Crippen molar-refractivity contribution in [3.05, 3.63) is 234 Å². The summed E-state index contributed by atoms with van der Waals surface area (Å²) in [4.78, 5) is 0. The van der Waals surface area contributed by atoms with Crippen LogP contribution in [0.2, 0.25) is 0 Å². The van der Waals surface area contributed by atoms with Crippen LogP contribution in [0.4, 0.5) is 0 Å². The highest BCUT2D eigenvalue weighted by atomic mass is 14.9. The number of pyridine rings is 3. The molecule has 0 radical (unpaired) electrons. The normalized spacial score (nSPS) is 24.8. The number of aromatic nitrogens is 3. The molecule has 7 fully saturated rings. The van der Waals surface area contributed by atoms with Crippen LogP contribution in [0.25, 0.3) is 67.2 Å². The molecule has 3 nitrogen and oxygen atoms in total. The Labute approximate surface area is 511 Å². The van der Waals surface area contributed by atoms with Gasteiger partial charge in [0.2, 0.25) is 17.1 Å². The van der Waals surface area contributed by atoms with E-state index in [0.29, 0.717) is 11.8 Å². The van der Waals surface area contributed by atoms with Crippen LogP contribution in [-0.2, 0) is 21.1 Å². The molecule has 432 valence electrons. The van der Waals surface area contributed by atoms with Gasteiger partial charge < -0.3 is 0 Å². The van der Waals surface area contributed by atoms with Gasteiger partial charge in [-0.25, -0.2) is 13.7 Å². The second-order valence-electron chi connectivity index (χ2n) is 27.0. The summed E-state index contributed by atoms with van der Waals surface area (Å²) in [6.45, 7) is 6.53. The Morgan fingerprint density at radius 2 is 0.706 bits per heavy atom. The predicted octanol–water partition coefficient (Wildman–Crippen LogP) is 19.7. The first kappa shape index (κ1) is 55.6. The predicted molar refractivity (Wildman–Crippen MR) is 353 cm³/mol. The van der Waals surface area contributed by atoms with Gasteiger partial charge in [-0.15, -0.1) is 0 Å². The first-order valence-electron chi connectivity index (χ1n) is 33.4. The Morgan fingerprint density at radius 3 is 1.13 bits per heavy atom. The number of hydrogen-bond acceptors (Lipinski definition) is 0. The Morgan fingerprint density at radius 1 is 0.329 bits per heavy atom. The minimum Gasteiger partial charge on any atom is -0.200 e. The van der Waals surface area contributed by atoms with E-state index < -0.39 is 0 Å². The summed E-state index contributed by atoms with van der Waals surface area (Å²) in [7, 11) is 6.44. The maximum absolute atomic E-state index is 9.18. The molecule has 16 rings (SSSR count). The molecule has 4 unspecified atom stereocenters. The number of fused-ring (bicyclic) bond motifs is 10. The average molecular weight is 1120 g/mol. The summed E-state index contributed by atoms with van der Waals surface area (Å²) in [5.74, 6) is 6.15. The highest BCUT2D eigenvalue weighted by Crippen LogP contribution is 2.57. The van der Waals surface area contributed by atoms with Gasteiger partial charge in [-0.05, 0) is 212 Å². The van der Waals surface area contributed by atoms with E-state index in [1.165, 1.54) is 192 Å². The van der Waals surface area contributed by atoms with E-state index in [-0.39, 0.29) is 5.89 Å². The number of benzene rings is 6. The molecular formula is C82H92N3+3. The molecule has 0 spiro atoms. The van der Waals surface area contributed by atoms with Crippen LogP contribution in [0.1, 0.15) is 155 Å². The largest absolute Gasteiger partial charge is 0.212 e. The lowest BCUT2D eigenvalue weighted by Crippen LogP contribution is -2.38. The van der Waals surface area contributed by atoms with Crippen molar-refractivity contribution in [1.29, 1.82) is 0 Å². The average Bonchev–Trinajstić information content (AvgIpc) is 1.34. The SMILES string of the molecule is Cc1ccccc1-c1ccc(-c2ccc(C3CC4CCCC(CCC4)C3)cc2)c[n+]1C.Cc1ccccc1-c1ccc(-c2cccc(C3C4CCCC3C4)c2)c[n+]1C.[2H]C1(c2cccc(-c3ccc(-c4ccccc4C)[n+](C)c3)c2)C2CCCC1C2. The van der Waals surface area contributed by atoms with Gasteiger partial charge in [0.15, 0.2) is 18.6 Å². The van der Waals surface area contributed by atoms with Gasteiger partial charge in [-0.1, -0.05) is 179 Å². The fraction of sp³-hybridized carbons (Fsp3) is 0.378. The molecule has 6 aromatic carbocycles. The second kappa shape index (κ2) is 25.4. The maximum atomic E-state index is 9.18. The van der Waals surface area contributed by atoms with Gasteiger partial charge >= 0.3 is 0 Å². The summed E-state index contributed by atoms with van der Waals surface area (Å²) in [6.07, 6.45) is 29.2. The standard InChI is InChI=1S/C30H36N.2C26H28N/c1-22-7-3-4-12-29(22)30-18-17-27(21-31(30)2)25-13-15-26(16-14-25)28-19-23-8-5-9-24(20-28)11-6-10-23;2*1-18-7-3-4-12-24(18)25-14-13-23(17-27(25)2)19-8-5-9-20(15-19)26-21-10-6-11-22(26)16-21/h3-4,7,12-18,21,23-24,28H,5-6,8-11,19-20H2,1-2H3;2*3-5,7-9,12-15,17,21-22,26H,6,10-11,16H2,1-2H3/q3*+1/i;26D;. The van der Waals surface area contributed by atoms with Crippen molar-refractivity contribution in [2.24, 2.45) is 56.7 Å². The topological polar surface area (TPSA) is 11.6 Å². The Bertz CT molecular complexity index is 3800. The molecule has 4 atom stereocenters. The zero-order chi connectivity index (χ0) is 58.9. The van der Waals surface area contributed by atoms with Gasteiger partial charge in [-0.2, -0.15) is 0 Å². The van der Waals surface area contributed by atoms with Crippen LogP contribution in [0.5, 0.6) is 0 Å². The first-order valence-corrected chi connectivity index (χ1v) is 32.9. The molecule has 3 aromatic heterocycles. The van der Waals surface area contributed by atoms with Crippen LogP contribution < -0.4 is 13.7 Å². The highest BCUT2D eigenvalue weighted by Gasteiger charge is 2.45. The molecular weight excluding hydrogens is 1030 g/mol. The lowest BCUT2D eigenvalue weighted by atomic mass is 9.55. The van der Waals surface area contributed by atoms with Crippen molar-refractivity contribution in [2.45, 2.75) is 141 Å². The highest BCUT2D eigenvalue weighted by molar-refractivity contribution is 5.69. The van der Waals surface area contributed by atoms with E-state index in [9.17, 15) is 1.37 Å². The molecule has 9 aromatic rings. The molecule has 7 saturated carbocycles. The maximum Gasteiger partial charge on any atom is 0.212 e. The van der Waals surface area contributed by atoms with Crippen molar-refractivity contribution in [2.75, 3.05) is 0 Å². The van der Waals surface area contributed by atoms with Gasteiger partial charge in [-0.3, -0.25) is 0 Å². The quantitative estimate of drug-likeness (QED) is 0.128. The van der Waals surface area contributed by atoms with Gasteiger partial charge in [0.25, 0.3) is 0 Å². The Hall–Kier alpha value is -7.23. The van der Waals surface area contributed by atoms with Crippen LogP contribution in [0.3, 0.4) is 0 Å². The lowest BCUT2D eigenvalue weighted by molar-refractivity contribution is -0.660. The smallest absolute Gasteiger partial charge is 0.200 e. The summed E-state index contributed by atoms with van der Waals surface area (Å²) >= 11 is 0. The molecule has 0 N–H and O–H groups in total. The van der Waals surface area contributed by atoms with Crippen molar-refractivity contribution in [1.82, 2.24) is 0 Å². The molecule has 3 heterocycles. The Balaban J connectivity index is 0.000000120. The summed E-state index contributed by atoms with van der Waals surface area (Å²) in [5, 5.41) is 0. The van der Waals surface area contributed by atoms with Crippen LogP contribution in [-0.4, -0.2) is 0 Å². The van der Waals surface area contributed by atoms with Crippen LogP contribution in [0, 0.1) is 56.3 Å². The molecule has 0 aliphatic heterocycles. The van der Waals surface area contributed by atoms with Crippen molar-refractivity contribution in [3.8, 4) is 67.2 Å². The third-order valence-corrected chi connectivity index (χ3v) is 21.5. The summed E-state index contributed by atoms with van der Waals surface area (Å²) in [6, 6.07) is 67.0. The van der Waals surface area contributed by atoms with Crippen molar-refractivity contribution in [3.63, 3.8) is 0 Å². The minimum atomic E-state index is -0.350. The van der Waals surface area contributed by atoms with Gasteiger partial charge in [0.1, 0.15) is 21.1 Å². The molecule has 0 amide bonds. The minimum absolute atomic E-state index is 0.350. The molecule has 6 bridgehead atoms. The summed E-state index contributed by atoms with van der Waals surface area (Å²) in [5.41, 5.74) is 23.6. The van der Waals surface area contributed by atoms with E-state index in [1.807, 2.05) is 0 Å². The number of nitrogens with zero attached hydrogens (tertiary/aromatic N) is 3. The van der Waals surface area contributed by atoms with E-state index in [1.54, 1.807) is 11.1 Å². The zero-order valence-corrected chi connectivity index (χ0v) is 51.8. The lowest BCUT2D eigenvalue weighted by Gasteiger charge is -2.50. The second-order valence-corrected chi connectivity index (χ2v) is 27.0. The molecule has 0 saturated heterocycles. The monoisotopic (exact) mass is 1120 g/mol. The van der Waals surface area contributed by atoms with E-state index >= 15 is 0 Å². The fourth-order valence-electron chi connectivity index (χ4n) is 16.9. The summed E-state index contributed by atoms with van der Waals surface area (Å²) < 4.78 is 15.9. The van der Waals surface area contributed by atoms with Crippen LogP contribution >= 0.6 is 0 Å². The zero-order valence-electron chi connectivity index (χ0n) is 52.8. The number of hydrogen-bond donors (Lipinski definition) is 0. The molecule has 85 heavy (non-hydrogen) atoms. The van der Waals surface area contributed by atoms with Gasteiger partial charge in [0, 0.05) is 53.0 Å². The molecule has 3 heteroatoms. The van der Waals surface area contributed by atoms with Gasteiger partial charge in [0.05, 0.1) is 0 Å². The number of rotatable bonds is 9. The van der Waals surface area contributed by atoms with E-state index in [0.717, 1.165) is 35.5 Å². The van der Waals surface area contributed by atoms with E-state index in [2.05, 4.69) is 256 Å². The first-order chi connectivity index (χ1) is 41.9. The number of aryl methyl sites for hydroxylation is 6.